The zero-order valence-electron chi connectivity index (χ0n) is 7.84. The van der Waals surface area contributed by atoms with Crippen molar-refractivity contribution in [3.63, 3.8) is 0 Å². The number of hydrogen-bond acceptors (Lipinski definition) is 0. The lowest BCUT2D eigenvalue weighted by Gasteiger charge is -2.29. The van der Waals surface area contributed by atoms with Crippen LogP contribution in [0.3, 0.4) is 0 Å². The first-order valence-corrected chi connectivity index (χ1v) is 4.19. The first-order chi connectivity index (χ1) is 6.15. The van der Waals surface area contributed by atoms with Crippen LogP contribution >= 0.6 is 0 Å². The van der Waals surface area contributed by atoms with E-state index in [9.17, 15) is 26.3 Å². The molecular weight excluding hydrogens is 210 g/mol. The second-order valence-electron chi connectivity index (χ2n) is 3.38. The maximum Gasteiger partial charge on any atom is 0.428 e. The molecule has 0 saturated carbocycles. The van der Waals surface area contributed by atoms with Crippen molar-refractivity contribution >= 4 is 0 Å². The van der Waals surface area contributed by atoms with Crippen molar-refractivity contribution in [2.75, 3.05) is 0 Å². The zero-order chi connectivity index (χ0) is 11.6. The summed E-state index contributed by atoms with van der Waals surface area (Å²) in [4.78, 5) is 0. The van der Waals surface area contributed by atoms with Gasteiger partial charge in [-0.3, -0.25) is 0 Å². The molecule has 0 amide bonds. The molecule has 2 atom stereocenters. The Morgan fingerprint density at radius 3 is 1.71 bits per heavy atom. The Morgan fingerprint density at radius 2 is 1.50 bits per heavy atom. The van der Waals surface area contributed by atoms with Gasteiger partial charge in [-0.25, -0.2) is 13.2 Å². The molecule has 0 N–H and O–H groups in total. The molecule has 0 fully saturated rings. The van der Waals surface area contributed by atoms with Crippen LogP contribution in [0.2, 0.25) is 0 Å². The summed E-state index contributed by atoms with van der Waals surface area (Å²) in [6.45, 7) is 2.83. The zero-order valence-corrected chi connectivity index (χ0v) is 7.84. The van der Waals surface area contributed by atoms with Crippen LogP contribution in [0.1, 0.15) is 26.7 Å². The maximum absolute atomic E-state index is 13.0. The highest BCUT2D eigenvalue weighted by atomic mass is 19.4. The highest BCUT2D eigenvalue weighted by molar-refractivity contribution is 4.91. The Labute approximate surface area is 78.3 Å². The summed E-state index contributed by atoms with van der Waals surface area (Å²) in [6, 6.07) is 0. The van der Waals surface area contributed by atoms with Crippen molar-refractivity contribution in [3.8, 4) is 0 Å². The van der Waals surface area contributed by atoms with Gasteiger partial charge in [0.1, 0.15) is 0 Å². The van der Waals surface area contributed by atoms with Crippen molar-refractivity contribution in [2.45, 2.75) is 45.0 Å². The smallest absolute Gasteiger partial charge is 0.227 e. The number of alkyl halides is 6. The number of rotatable bonds is 4. The van der Waals surface area contributed by atoms with Crippen LogP contribution in [0, 0.1) is 5.92 Å². The summed E-state index contributed by atoms with van der Waals surface area (Å²) in [5.41, 5.74) is -4.37. The standard InChI is InChI=1S/C8H12F6/c1-3-5(2)4-7(11,6(9)10)8(12,13)14/h5-6H,3-4H2,1-2H3. The molecule has 0 spiro atoms. The van der Waals surface area contributed by atoms with Gasteiger partial charge in [-0.1, -0.05) is 20.3 Å². The van der Waals surface area contributed by atoms with Gasteiger partial charge in [0, 0.05) is 0 Å². The fourth-order valence-electron chi connectivity index (χ4n) is 0.980. The third-order valence-electron chi connectivity index (χ3n) is 2.16. The van der Waals surface area contributed by atoms with E-state index < -0.39 is 30.6 Å². The van der Waals surface area contributed by atoms with Gasteiger partial charge in [0.25, 0.3) is 12.1 Å². The molecule has 0 bridgehead atoms. The van der Waals surface area contributed by atoms with Gasteiger partial charge in [0.2, 0.25) is 0 Å². The second kappa shape index (κ2) is 4.40. The third-order valence-corrected chi connectivity index (χ3v) is 2.16. The highest BCUT2D eigenvalue weighted by Gasteiger charge is 2.62. The second-order valence-corrected chi connectivity index (χ2v) is 3.38. The summed E-state index contributed by atoms with van der Waals surface area (Å²) in [6.07, 6.45) is -10.5. The van der Waals surface area contributed by atoms with E-state index in [0.717, 1.165) is 0 Å². The van der Waals surface area contributed by atoms with Gasteiger partial charge in [0.05, 0.1) is 0 Å². The minimum atomic E-state index is -5.51. The quantitative estimate of drug-likeness (QED) is 0.631. The van der Waals surface area contributed by atoms with Gasteiger partial charge in [-0.15, -0.1) is 0 Å². The molecule has 0 aromatic heterocycles. The summed E-state index contributed by atoms with van der Waals surface area (Å²) >= 11 is 0. The molecular formula is C8H12F6. The van der Waals surface area contributed by atoms with Crippen LogP contribution in [-0.2, 0) is 0 Å². The summed E-state index contributed by atoms with van der Waals surface area (Å²) in [7, 11) is 0. The fraction of sp³-hybridized carbons (Fsp3) is 1.00. The minimum absolute atomic E-state index is 0.231. The molecule has 0 nitrogen and oxygen atoms in total. The Bertz CT molecular complexity index is 175. The molecule has 0 aliphatic rings. The van der Waals surface area contributed by atoms with E-state index in [1.807, 2.05) is 0 Å². The fourth-order valence-corrected chi connectivity index (χ4v) is 0.980. The Hall–Kier alpha value is -0.420. The van der Waals surface area contributed by atoms with Crippen LogP contribution in [0.5, 0.6) is 0 Å². The molecule has 0 rings (SSSR count). The normalized spacial score (nSPS) is 19.5. The summed E-state index contributed by atoms with van der Waals surface area (Å²) in [5.74, 6) is -0.726. The highest BCUT2D eigenvalue weighted by Crippen LogP contribution is 2.43. The third kappa shape index (κ3) is 2.78. The molecule has 0 aliphatic carbocycles. The van der Waals surface area contributed by atoms with E-state index in [0.29, 0.717) is 0 Å². The predicted octanol–water partition coefficient (Wildman–Crippen LogP) is 3.96. The van der Waals surface area contributed by atoms with Crippen molar-refractivity contribution < 1.29 is 26.3 Å². The molecule has 0 heterocycles. The summed E-state index contributed by atoms with van der Waals surface area (Å²) < 4.78 is 72.9. The maximum atomic E-state index is 13.0. The molecule has 86 valence electrons. The lowest BCUT2D eigenvalue weighted by Crippen LogP contribution is -2.48. The first-order valence-electron chi connectivity index (χ1n) is 4.19. The van der Waals surface area contributed by atoms with Gasteiger partial charge < -0.3 is 0 Å². The van der Waals surface area contributed by atoms with E-state index in [4.69, 9.17) is 0 Å². The van der Waals surface area contributed by atoms with E-state index in [1.165, 1.54) is 13.8 Å². The topological polar surface area (TPSA) is 0 Å². The van der Waals surface area contributed by atoms with E-state index in [1.54, 1.807) is 0 Å². The molecule has 0 aliphatic heterocycles. The molecule has 0 aromatic rings. The molecule has 0 saturated heterocycles. The van der Waals surface area contributed by atoms with Crippen LogP contribution in [0.4, 0.5) is 26.3 Å². The average Bonchev–Trinajstić information content (AvgIpc) is 2.01. The largest absolute Gasteiger partial charge is 0.428 e. The van der Waals surface area contributed by atoms with E-state index >= 15 is 0 Å². The van der Waals surface area contributed by atoms with Crippen molar-refractivity contribution in [1.29, 1.82) is 0 Å². The average molecular weight is 222 g/mol. The lowest BCUT2D eigenvalue weighted by atomic mass is 9.91. The van der Waals surface area contributed by atoms with Crippen molar-refractivity contribution in [2.24, 2.45) is 5.92 Å². The van der Waals surface area contributed by atoms with Crippen LogP contribution in [0.15, 0.2) is 0 Å². The van der Waals surface area contributed by atoms with Gasteiger partial charge in [0.15, 0.2) is 0 Å². The lowest BCUT2D eigenvalue weighted by molar-refractivity contribution is -0.273. The number of halogens is 6. The molecule has 0 aromatic carbocycles. The Kier molecular flexibility index (Phi) is 4.27. The molecule has 6 heteroatoms. The Balaban J connectivity index is 4.74. The van der Waals surface area contributed by atoms with Crippen molar-refractivity contribution in [3.05, 3.63) is 0 Å². The summed E-state index contributed by atoms with van der Waals surface area (Å²) in [5, 5.41) is 0. The Morgan fingerprint density at radius 1 is 1.07 bits per heavy atom. The minimum Gasteiger partial charge on any atom is -0.227 e. The van der Waals surface area contributed by atoms with Crippen LogP contribution < -0.4 is 0 Å². The van der Waals surface area contributed by atoms with E-state index in [2.05, 4.69) is 0 Å². The number of hydrogen-bond donors (Lipinski definition) is 0. The van der Waals surface area contributed by atoms with Crippen molar-refractivity contribution in [1.82, 2.24) is 0 Å². The predicted molar refractivity (Wildman–Crippen MR) is 40.0 cm³/mol. The molecule has 2 unspecified atom stereocenters. The molecule has 14 heavy (non-hydrogen) atoms. The van der Waals surface area contributed by atoms with Gasteiger partial charge in [-0.2, -0.15) is 13.2 Å². The van der Waals surface area contributed by atoms with Crippen LogP contribution in [0.25, 0.3) is 0 Å². The SMILES string of the molecule is CCC(C)CC(F)(C(F)F)C(F)(F)F. The molecule has 0 radical (unpaired) electrons. The van der Waals surface area contributed by atoms with Gasteiger partial charge in [-0.05, 0) is 12.3 Å². The van der Waals surface area contributed by atoms with Crippen LogP contribution in [-0.4, -0.2) is 18.3 Å². The van der Waals surface area contributed by atoms with Gasteiger partial charge >= 0.3 is 6.18 Å². The first kappa shape index (κ1) is 13.6. The monoisotopic (exact) mass is 222 g/mol. The van der Waals surface area contributed by atoms with E-state index in [-0.39, 0.29) is 6.42 Å².